The van der Waals surface area contributed by atoms with Crippen LogP contribution in [0.2, 0.25) is 0 Å². The average Bonchev–Trinajstić information content (AvgIpc) is 2.48. The molecule has 1 fully saturated rings. The Morgan fingerprint density at radius 3 is 2.40 bits per heavy atom. The number of anilines is 1. The maximum Gasteiger partial charge on any atom is 0.248 e. The summed E-state index contributed by atoms with van der Waals surface area (Å²) in [5.74, 6) is -0.553. The second-order valence-electron chi connectivity index (χ2n) is 4.76. The van der Waals surface area contributed by atoms with Gasteiger partial charge in [0.15, 0.2) is 0 Å². The van der Waals surface area contributed by atoms with E-state index in [9.17, 15) is 9.59 Å². The molecule has 1 aliphatic rings. The average molecular weight is 277 g/mol. The number of carbonyl (C=O) groups excluding carboxylic acids is 2. The van der Waals surface area contributed by atoms with Gasteiger partial charge in [-0.15, -0.1) is 0 Å². The predicted octanol–water partition coefficient (Wildman–Crippen LogP) is 0.445. The van der Waals surface area contributed by atoms with E-state index in [0.717, 1.165) is 13.1 Å². The van der Waals surface area contributed by atoms with Gasteiger partial charge in [0.05, 0.1) is 19.3 Å². The molecule has 1 aliphatic heterocycles. The van der Waals surface area contributed by atoms with E-state index in [-0.39, 0.29) is 11.9 Å². The van der Waals surface area contributed by atoms with Gasteiger partial charge in [-0.25, -0.2) is 0 Å². The van der Waals surface area contributed by atoms with Crippen LogP contribution in [0.25, 0.3) is 0 Å². The number of nitrogens with zero attached hydrogens (tertiary/aromatic N) is 1. The highest BCUT2D eigenvalue weighted by molar-refractivity contribution is 5.96. The minimum Gasteiger partial charge on any atom is -0.379 e. The van der Waals surface area contributed by atoms with Gasteiger partial charge in [-0.1, -0.05) is 0 Å². The first kappa shape index (κ1) is 14.5. The third-order valence-electron chi connectivity index (χ3n) is 3.41. The SMILES string of the molecule is CC(C(=O)Nc1ccc(C(N)=O)cc1)N1CCOCC1. The maximum absolute atomic E-state index is 12.1. The van der Waals surface area contributed by atoms with Crippen molar-refractivity contribution in [1.82, 2.24) is 4.90 Å². The van der Waals surface area contributed by atoms with E-state index in [4.69, 9.17) is 10.5 Å². The lowest BCUT2D eigenvalue weighted by Crippen LogP contribution is -2.47. The largest absolute Gasteiger partial charge is 0.379 e. The number of rotatable bonds is 4. The summed E-state index contributed by atoms with van der Waals surface area (Å²) >= 11 is 0. The minimum atomic E-state index is -0.482. The van der Waals surface area contributed by atoms with Crippen LogP contribution in [0.5, 0.6) is 0 Å². The molecule has 0 spiro atoms. The summed E-state index contributed by atoms with van der Waals surface area (Å²) in [4.78, 5) is 25.2. The van der Waals surface area contributed by atoms with Crippen LogP contribution in [-0.2, 0) is 9.53 Å². The highest BCUT2D eigenvalue weighted by Crippen LogP contribution is 2.11. The second-order valence-corrected chi connectivity index (χ2v) is 4.76. The summed E-state index contributed by atoms with van der Waals surface area (Å²) in [6.45, 7) is 4.71. The van der Waals surface area contributed by atoms with E-state index in [2.05, 4.69) is 10.2 Å². The van der Waals surface area contributed by atoms with Gasteiger partial charge in [-0.05, 0) is 31.2 Å². The van der Waals surface area contributed by atoms with Gasteiger partial charge in [0, 0.05) is 24.3 Å². The number of amides is 2. The van der Waals surface area contributed by atoms with Gasteiger partial charge in [0.1, 0.15) is 0 Å². The van der Waals surface area contributed by atoms with Crippen molar-refractivity contribution < 1.29 is 14.3 Å². The van der Waals surface area contributed by atoms with Crippen molar-refractivity contribution in [3.05, 3.63) is 29.8 Å². The summed E-state index contributed by atoms with van der Waals surface area (Å²) in [6.07, 6.45) is 0. The Kier molecular flexibility index (Phi) is 4.70. The van der Waals surface area contributed by atoms with Crippen LogP contribution in [0.1, 0.15) is 17.3 Å². The van der Waals surface area contributed by atoms with E-state index in [0.29, 0.717) is 24.5 Å². The number of nitrogens with one attached hydrogen (secondary N) is 1. The molecule has 20 heavy (non-hydrogen) atoms. The van der Waals surface area contributed by atoms with E-state index in [1.54, 1.807) is 24.3 Å². The zero-order chi connectivity index (χ0) is 14.5. The molecular formula is C14H19N3O3. The van der Waals surface area contributed by atoms with Crippen LogP contribution < -0.4 is 11.1 Å². The molecule has 1 saturated heterocycles. The quantitative estimate of drug-likeness (QED) is 0.836. The van der Waals surface area contributed by atoms with Gasteiger partial charge >= 0.3 is 0 Å². The fourth-order valence-electron chi connectivity index (χ4n) is 2.10. The molecule has 0 aliphatic carbocycles. The summed E-state index contributed by atoms with van der Waals surface area (Å²) in [7, 11) is 0. The molecule has 1 atom stereocenters. The molecule has 6 nitrogen and oxygen atoms in total. The number of nitrogens with two attached hydrogens (primary N) is 1. The van der Waals surface area contributed by atoms with Crippen molar-refractivity contribution >= 4 is 17.5 Å². The van der Waals surface area contributed by atoms with Crippen molar-refractivity contribution in [3.63, 3.8) is 0 Å². The molecule has 0 radical (unpaired) electrons. The molecule has 3 N–H and O–H groups in total. The summed E-state index contributed by atoms with van der Waals surface area (Å²) in [5, 5.41) is 2.83. The number of primary amides is 1. The lowest BCUT2D eigenvalue weighted by molar-refractivity contribution is -0.122. The normalized spacial score (nSPS) is 17.4. The minimum absolute atomic E-state index is 0.0706. The molecule has 0 saturated carbocycles. The van der Waals surface area contributed by atoms with Gasteiger partial charge in [-0.3, -0.25) is 14.5 Å². The fraction of sp³-hybridized carbons (Fsp3) is 0.429. The molecule has 2 rings (SSSR count). The summed E-state index contributed by atoms with van der Waals surface area (Å²) in [5.41, 5.74) is 6.24. The Morgan fingerprint density at radius 2 is 1.85 bits per heavy atom. The molecule has 108 valence electrons. The van der Waals surface area contributed by atoms with Gasteiger partial charge in [0.25, 0.3) is 0 Å². The summed E-state index contributed by atoms with van der Waals surface area (Å²) < 4.78 is 5.27. The third-order valence-corrected chi connectivity index (χ3v) is 3.41. The number of ether oxygens (including phenoxy) is 1. The smallest absolute Gasteiger partial charge is 0.248 e. The molecule has 0 aromatic heterocycles. The van der Waals surface area contributed by atoms with E-state index in [1.807, 2.05) is 6.92 Å². The van der Waals surface area contributed by atoms with Crippen LogP contribution in [0.4, 0.5) is 5.69 Å². The molecule has 2 amide bonds. The molecule has 6 heteroatoms. The highest BCUT2D eigenvalue weighted by atomic mass is 16.5. The highest BCUT2D eigenvalue weighted by Gasteiger charge is 2.23. The predicted molar refractivity (Wildman–Crippen MR) is 75.4 cm³/mol. The third kappa shape index (κ3) is 3.55. The van der Waals surface area contributed by atoms with Crippen molar-refractivity contribution in [2.75, 3.05) is 31.6 Å². The van der Waals surface area contributed by atoms with Crippen LogP contribution in [0.15, 0.2) is 24.3 Å². The van der Waals surface area contributed by atoms with Gasteiger partial charge in [-0.2, -0.15) is 0 Å². The molecular weight excluding hydrogens is 258 g/mol. The lowest BCUT2D eigenvalue weighted by Gasteiger charge is -2.31. The molecule has 1 unspecified atom stereocenters. The number of hydrogen-bond acceptors (Lipinski definition) is 4. The molecule has 1 aromatic rings. The van der Waals surface area contributed by atoms with Crippen LogP contribution in [0, 0.1) is 0 Å². The summed E-state index contributed by atoms with van der Waals surface area (Å²) in [6, 6.07) is 6.32. The van der Waals surface area contributed by atoms with Crippen molar-refractivity contribution in [2.24, 2.45) is 5.73 Å². The topological polar surface area (TPSA) is 84.7 Å². The van der Waals surface area contributed by atoms with Gasteiger partial charge < -0.3 is 15.8 Å². The Hall–Kier alpha value is -1.92. The van der Waals surface area contributed by atoms with Crippen LogP contribution in [0.3, 0.4) is 0 Å². The Morgan fingerprint density at radius 1 is 1.25 bits per heavy atom. The van der Waals surface area contributed by atoms with Crippen LogP contribution >= 0.6 is 0 Å². The standard InChI is InChI=1S/C14H19N3O3/c1-10(17-6-8-20-9-7-17)14(19)16-12-4-2-11(3-5-12)13(15)18/h2-5,10H,6-9H2,1H3,(H2,15,18)(H,16,19). The van der Waals surface area contributed by atoms with Crippen molar-refractivity contribution in [1.29, 1.82) is 0 Å². The van der Waals surface area contributed by atoms with E-state index >= 15 is 0 Å². The number of hydrogen-bond donors (Lipinski definition) is 2. The van der Waals surface area contributed by atoms with Crippen LogP contribution in [-0.4, -0.2) is 49.1 Å². The zero-order valence-corrected chi connectivity index (χ0v) is 11.5. The lowest BCUT2D eigenvalue weighted by atomic mass is 10.2. The van der Waals surface area contributed by atoms with E-state index in [1.165, 1.54) is 0 Å². The number of morpholine rings is 1. The first-order valence-corrected chi connectivity index (χ1v) is 6.60. The Balaban J connectivity index is 1.94. The Bertz CT molecular complexity index is 481. The molecule has 1 heterocycles. The monoisotopic (exact) mass is 277 g/mol. The first-order valence-electron chi connectivity index (χ1n) is 6.60. The number of carbonyl (C=O) groups is 2. The van der Waals surface area contributed by atoms with E-state index < -0.39 is 5.91 Å². The Labute approximate surface area is 117 Å². The molecule has 1 aromatic carbocycles. The molecule has 0 bridgehead atoms. The first-order chi connectivity index (χ1) is 9.58. The second kappa shape index (κ2) is 6.49. The zero-order valence-electron chi connectivity index (χ0n) is 11.5. The van der Waals surface area contributed by atoms with Crippen molar-refractivity contribution in [3.8, 4) is 0 Å². The van der Waals surface area contributed by atoms with Gasteiger partial charge in [0.2, 0.25) is 11.8 Å². The number of benzene rings is 1. The maximum atomic E-state index is 12.1. The fourth-order valence-corrected chi connectivity index (χ4v) is 2.10. The van der Waals surface area contributed by atoms with Crippen molar-refractivity contribution in [2.45, 2.75) is 13.0 Å².